The third-order valence-corrected chi connectivity index (χ3v) is 3.35. The van der Waals surface area contributed by atoms with Crippen LogP contribution >= 0.6 is 0 Å². The highest BCUT2D eigenvalue weighted by Crippen LogP contribution is 2.16. The van der Waals surface area contributed by atoms with E-state index in [1.807, 2.05) is 25.1 Å². The minimum absolute atomic E-state index is 0.225. The smallest absolute Gasteiger partial charge is 0.310 e. The Kier molecular flexibility index (Phi) is 4.93. The third kappa shape index (κ3) is 3.52. The Labute approximate surface area is 129 Å². The average molecular weight is 301 g/mol. The quantitative estimate of drug-likeness (QED) is 0.853. The number of nitrogens with one attached hydrogen (secondary N) is 1. The van der Waals surface area contributed by atoms with Gasteiger partial charge < -0.3 is 14.6 Å². The molecule has 2 rings (SSSR count). The van der Waals surface area contributed by atoms with Crippen molar-refractivity contribution in [3.63, 3.8) is 0 Å². The van der Waals surface area contributed by atoms with Crippen molar-refractivity contribution in [1.29, 1.82) is 0 Å². The van der Waals surface area contributed by atoms with E-state index in [1.165, 1.54) is 7.11 Å². The van der Waals surface area contributed by atoms with Crippen molar-refractivity contribution in [3.8, 4) is 5.69 Å². The van der Waals surface area contributed by atoms with E-state index in [2.05, 4.69) is 15.0 Å². The van der Waals surface area contributed by atoms with Gasteiger partial charge >= 0.3 is 5.97 Å². The summed E-state index contributed by atoms with van der Waals surface area (Å²) in [6.07, 6.45) is 5.07. The van der Waals surface area contributed by atoms with Gasteiger partial charge in [0.15, 0.2) is 0 Å². The Morgan fingerprint density at radius 1 is 1.41 bits per heavy atom. The third-order valence-electron chi connectivity index (χ3n) is 3.35. The van der Waals surface area contributed by atoms with E-state index < -0.39 is 5.92 Å². The van der Waals surface area contributed by atoms with Crippen molar-refractivity contribution >= 4 is 11.9 Å². The number of amides is 1. The number of ether oxygens (including phenoxy) is 1. The molecule has 0 aliphatic rings. The minimum Gasteiger partial charge on any atom is -0.469 e. The molecule has 1 N–H and O–H groups in total. The molecule has 0 aliphatic heterocycles. The molecule has 0 aliphatic carbocycles. The second kappa shape index (κ2) is 6.89. The van der Waals surface area contributed by atoms with Crippen LogP contribution in [0.1, 0.15) is 22.8 Å². The highest BCUT2D eigenvalue weighted by molar-refractivity contribution is 5.98. The molecular formula is C16H19N3O3. The van der Waals surface area contributed by atoms with Gasteiger partial charge in [-0.3, -0.25) is 9.59 Å². The van der Waals surface area contributed by atoms with E-state index >= 15 is 0 Å². The number of carbonyl (C=O) groups is 2. The Balaban J connectivity index is 2.19. The summed E-state index contributed by atoms with van der Waals surface area (Å²) in [4.78, 5) is 27.8. The van der Waals surface area contributed by atoms with Crippen molar-refractivity contribution in [3.05, 3.63) is 48.0 Å². The zero-order valence-electron chi connectivity index (χ0n) is 12.9. The van der Waals surface area contributed by atoms with E-state index in [9.17, 15) is 9.59 Å². The maximum Gasteiger partial charge on any atom is 0.310 e. The second-order valence-electron chi connectivity index (χ2n) is 5.12. The Hall–Kier alpha value is -2.63. The number of hydrogen-bond acceptors (Lipinski definition) is 4. The van der Waals surface area contributed by atoms with Crippen molar-refractivity contribution in [2.24, 2.45) is 5.92 Å². The van der Waals surface area contributed by atoms with Crippen LogP contribution in [0.2, 0.25) is 0 Å². The van der Waals surface area contributed by atoms with Crippen LogP contribution in [0, 0.1) is 12.8 Å². The maximum atomic E-state index is 12.4. The first-order chi connectivity index (χ1) is 10.5. The van der Waals surface area contributed by atoms with Gasteiger partial charge in [-0.1, -0.05) is 18.6 Å². The summed E-state index contributed by atoms with van der Waals surface area (Å²) in [6.45, 7) is 3.85. The number of hydrogen-bond donors (Lipinski definition) is 1. The molecule has 0 bridgehead atoms. The molecule has 2 aromatic rings. The molecular weight excluding hydrogens is 282 g/mol. The Bertz CT molecular complexity index is 665. The van der Waals surface area contributed by atoms with Gasteiger partial charge in [0.05, 0.1) is 30.6 Å². The molecule has 0 fully saturated rings. The normalized spacial score (nSPS) is 11.8. The van der Waals surface area contributed by atoms with Crippen LogP contribution in [-0.2, 0) is 9.53 Å². The number of imidazole rings is 1. The van der Waals surface area contributed by atoms with Crippen molar-refractivity contribution in [2.45, 2.75) is 13.8 Å². The summed E-state index contributed by atoms with van der Waals surface area (Å²) < 4.78 is 6.43. The van der Waals surface area contributed by atoms with Crippen LogP contribution in [0.25, 0.3) is 5.69 Å². The lowest BCUT2D eigenvalue weighted by Gasteiger charge is -2.14. The highest BCUT2D eigenvalue weighted by Gasteiger charge is 2.17. The molecule has 0 saturated heterocycles. The molecule has 1 aromatic heterocycles. The SMILES string of the molecule is COC(=O)[C@@H](C)CNC(=O)c1cc(C)ccc1-n1ccnc1. The number of aromatic nitrogens is 2. The van der Waals surface area contributed by atoms with Crippen molar-refractivity contribution < 1.29 is 14.3 Å². The first kappa shape index (κ1) is 15.8. The number of aryl methyl sites for hydroxylation is 1. The molecule has 0 saturated carbocycles. The van der Waals surface area contributed by atoms with E-state index in [4.69, 9.17) is 0 Å². The van der Waals surface area contributed by atoms with Gasteiger partial charge in [-0.05, 0) is 19.1 Å². The van der Waals surface area contributed by atoms with Crippen LogP contribution in [0.15, 0.2) is 36.9 Å². The number of benzene rings is 1. The molecule has 22 heavy (non-hydrogen) atoms. The minimum atomic E-state index is -0.393. The molecule has 1 heterocycles. The van der Waals surface area contributed by atoms with Gasteiger partial charge in [0.25, 0.3) is 5.91 Å². The first-order valence-electron chi connectivity index (χ1n) is 6.98. The number of esters is 1. The molecule has 1 amide bonds. The molecule has 0 radical (unpaired) electrons. The molecule has 0 spiro atoms. The van der Waals surface area contributed by atoms with Gasteiger partial charge in [0.1, 0.15) is 0 Å². The van der Waals surface area contributed by atoms with E-state index in [0.717, 1.165) is 11.3 Å². The summed E-state index contributed by atoms with van der Waals surface area (Å²) in [7, 11) is 1.33. The van der Waals surface area contributed by atoms with Gasteiger partial charge in [0, 0.05) is 18.9 Å². The summed E-state index contributed by atoms with van der Waals surface area (Å²) in [5, 5.41) is 2.77. The fraction of sp³-hybridized carbons (Fsp3) is 0.312. The lowest BCUT2D eigenvalue weighted by molar-refractivity contribution is -0.144. The number of nitrogens with zero attached hydrogens (tertiary/aromatic N) is 2. The Morgan fingerprint density at radius 2 is 2.18 bits per heavy atom. The monoisotopic (exact) mass is 301 g/mol. The Morgan fingerprint density at radius 3 is 2.82 bits per heavy atom. The summed E-state index contributed by atoms with van der Waals surface area (Å²) in [5.74, 6) is -0.974. The lowest BCUT2D eigenvalue weighted by atomic mass is 10.1. The maximum absolute atomic E-state index is 12.4. The summed E-state index contributed by atoms with van der Waals surface area (Å²) >= 11 is 0. The van der Waals surface area contributed by atoms with Crippen molar-refractivity contribution in [2.75, 3.05) is 13.7 Å². The molecule has 6 nitrogen and oxygen atoms in total. The fourth-order valence-corrected chi connectivity index (χ4v) is 2.08. The van der Waals surface area contributed by atoms with Gasteiger partial charge in [-0.15, -0.1) is 0 Å². The van der Waals surface area contributed by atoms with Crippen LogP contribution in [-0.4, -0.2) is 35.1 Å². The largest absolute Gasteiger partial charge is 0.469 e. The number of rotatable bonds is 5. The molecule has 6 heteroatoms. The molecule has 116 valence electrons. The van der Waals surface area contributed by atoms with Crippen LogP contribution in [0.5, 0.6) is 0 Å². The average Bonchev–Trinajstić information content (AvgIpc) is 3.05. The summed E-state index contributed by atoms with van der Waals surface area (Å²) in [5.41, 5.74) is 2.26. The standard InChI is InChI=1S/C16H19N3O3/c1-11-4-5-14(19-7-6-17-10-19)13(8-11)15(20)18-9-12(2)16(21)22-3/h4-8,10,12H,9H2,1-3H3,(H,18,20)/t12-/m0/s1. The van der Waals surface area contributed by atoms with Crippen LogP contribution in [0.3, 0.4) is 0 Å². The molecule has 1 atom stereocenters. The van der Waals surface area contributed by atoms with Gasteiger partial charge in [-0.25, -0.2) is 4.98 Å². The highest BCUT2D eigenvalue weighted by atomic mass is 16.5. The van der Waals surface area contributed by atoms with E-state index in [1.54, 1.807) is 30.2 Å². The van der Waals surface area contributed by atoms with Gasteiger partial charge in [-0.2, -0.15) is 0 Å². The second-order valence-corrected chi connectivity index (χ2v) is 5.12. The molecule has 1 aromatic carbocycles. The number of carbonyl (C=O) groups excluding carboxylic acids is 2. The predicted molar refractivity (Wildman–Crippen MR) is 81.8 cm³/mol. The lowest BCUT2D eigenvalue weighted by Crippen LogP contribution is -2.32. The van der Waals surface area contributed by atoms with Gasteiger partial charge in [0.2, 0.25) is 0 Å². The molecule has 0 unspecified atom stereocenters. The summed E-state index contributed by atoms with van der Waals surface area (Å²) in [6, 6.07) is 5.62. The topological polar surface area (TPSA) is 73.2 Å². The van der Waals surface area contributed by atoms with Crippen LogP contribution < -0.4 is 5.32 Å². The first-order valence-corrected chi connectivity index (χ1v) is 6.98. The zero-order valence-corrected chi connectivity index (χ0v) is 12.9. The van der Waals surface area contributed by atoms with Crippen molar-refractivity contribution in [1.82, 2.24) is 14.9 Å². The van der Waals surface area contributed by atoms with E-state index in [-0.39, 0.29) is 18.4 Å². The zero-order chi connectivity index (χ0) is 16.1. The van der Waals surface area contributed by atoms with Crippen LogP contribution in [0.4, 0.5) is 0 Å². The number of methoxy groups -OCH3 is 1. The fourth-order valence-electron chi connectivity index (χ4n) is 2.08. The van der Waals surface area contributed by atoms with E-state index in [0.29, 0.717) is 5.56 Å². The predicted octanol–water partition coefficient (Wildman–Crippen LogP) is 1.72.